The summed E-state index contributed by atoms with van der Waals surface area (Å²) in [7, 11) is 0. The van der Waals surface area contributed by atoms with E-state index in [4.69, 9.17) is 18.7 Å². The smallest absolute Gasteiger partial charge is 0.259 e. The molecule has 5 rings (SSSR count). The Morgan fingerprint density at radius 1 is 1.23 bits per heavy atom. The molecule has 8 nitrogen and oxygen atoms in total. The summed E-state index contributed by atoms with van der Waals surface area (Å²) in [5.41, 5.74) is 1.29. The molecule has 0 unspecified atom stereocenters. The molecular weight excluding hydrogens is 388 g/mol. The van der Waals surface area contributed by atoms with Crippen molar-refractivity contribution < 1.29 is 28.6 Å². The highest BCUT2D eigenvalue weighted by Crippen LogP contribution is 2.40. The Morgan fingerprint density at radius 3 is 2.80 bits per heavy atom. The van der Waals surface area contributed by atoms with Crippen LogP contribution in [0.5, 0.6) is 17.2 Å². The minimum atomic E-state index is -0.574. The number of aliphatic hydroxyl groups excluding tert-OH is 1. The number of rotatable bonds is 4. The summed E-state index contributed by atoms with van der Waals surface area (Å²) in [6.45, 7) is 5.26. The minimum Gasteiger partial charge on any atom is -0.488 e. The van der Waals surface area contributed by atoms with Crippen LogP contribution in [0.4, 0.5) is 0 Å². The number of hydrogen-bond donors (Lipinski definition) is 1. The zero-order valence-corrected chi connectivity index (χ0v) is 17.2. The van der Waals surface area contributed by atoms with Crippen molar-refractivity contribution in [1.29, 1.82) is 0 Å². The maximum absolute atomic E-state index is 13.1. The van der Waals surface area contributed by atoms with Crippen molar-refractivity contribution in [2.75, 3.05) is 19.9 Å². The van der Waals surface area contributed by atoms with E-state index >= 15 is 0 Å². The van der Waals surface area contributed by atoms with Crippen molar-refractivity contribution in [3.05, 3.63) is 35.2 Å². The van der Waals surface area contributed by atoms with Crippen LogP contribution < -0.4 is 14.2 Å². The quantitative estimate of drug-likeness (QED) is 0.822. The van der Waals surface area contributed by atoms with Crippen molar-refractivity contribution in [3.63, 3.8) is 0 Å². The molecule has 2 fully saturated rings. The van der Waals surface area contributed by atoms with Crippen LogP contribution in [0, 0.1) is 18.8 Å². The molecule has 2 aromatic rings. The number of aryl methyl sites for hydroxylation is 2. The Morgan fingerprint density at radius 2 is 2.00 bits per heavy atom. The maximum atomic E-state index is 13.1. The van der Waals surface area contributed by atoms with E-state index in [2.05, 4.69) is 5.16 Å². The molecule has 0 radical (unpaired) electrons. The second-order valence-corrected chi connectivity index (χ2v) is 8.35. The molecule has 0 spiro atoms. The molecule has 1 aliphatic carbocycles. The number of ether oxygens (including phenoxy) is 3. The molecule has 3 heterocycles. The lowest BCUT2D eigenvalue weighted by molar-refractivity contribution is -0.0232. The van der Waals surface area contributed by atoms with E-state index in [1.54, 1.807) is 13.0 Å². The van der Waals surface area contributed by atoms with E-state index in [0.717, 1.165) is 0 Å². The Kier molecular flexibility index (Phi) is 4.81. The van der Waals surface area contributed by atoms with Gasteiger partial charge in [0.1, 0.15) is 23.2 Å². The fourth-order valence-electron chi connectivity index (χ4n) is 4.90. The van der Waals surface area contributed by atoms with E-state index in [-0.39, 0.29) is 24.7 Å². The average Bonchev–Trinajstić information content (AvgIpc) is 3.45. The van der Waals surface area contributed by atoms with Crippen LogP contribution >= 0.6 is 0 Å². The highest BCUT2D eigenvalue weighted by Gasteiger charge is 2.44. The number of aromatic nitrogens is 1. The number of aliphatic hydroxyl groups is 1. The first-order valence-corrected chi connectivity index (χ1v) is 10.5. The molecule has 2 aliphatic heterocycles. The molecule has 0 bridgehead atoms. The van der Waals surface area contributed by atoms with Crippen molar-refractivity contribution >= 4 is 5.91 Å². The molecule has 1 saturated carbocycles. The van der Waals surface area contributed by atoms with E-state index in [1.807, 2.05) is 24.0 Å². The lowest BCUT2D eigenvalue weighted by Crippen LogP contribution is -2.42. The largest absolute Gasteiger partial charge is 0.488 e. The van der Waals surface area contributed by atoms with E-state index in [0.29, 0.717) is 72.5 Å². The van der Waals surface area contributed by atoms with Gasteiger partial charge in [0.25, 0.3) is 5.91 Å². The Labute approximate surface area is 174 Å². The molecular formula is C22H26N2O6. The van der Waals surface area contributed by atoms with Crippen LogP contribution in [0.2, 0.25) is 0 Å². The number of benzene rings is 1. The second-order valence-electron chi connectivity index (χ2n) is 8.35. The van der Waals surface area contributed by atoms with Crippen LogP contribution in [0.3, 0.4) is 0 Å². The fraction of sp³-hybridized carbons (Fsp3) is 0.545. The lowest BCUT2D eigenvalue weighted by Gasteiger charge is -2.35. The van der Waals surface area contributed by atoms with Crippen LogP contribution in [0.25, 0.3) is 0 Å². The van der Waals surface area contributed by atoms with Crippen LogP contribution in [0.1, 0.15) is 41.6 Å². The molecule has 1 aromatic carbocycles. The number of fused-ring (bicyclic) bond motifs is 2. The predicted octanol–water partition coefficient (Wildman–Crippen LogP) is 2.56. The van der Waals surface area contributed by atoms with Gasteiger partial charge in [0.05, 0.1) is 11.8 Å². The molecule has 1 saturated heterocycles. The first-order valence-electron chi connectivity index (χ1n) is 10.5. The zero-order valence-electron chi connectivity index (χ0n) is 17.2. The van der Waals surface area contributed by atoms with Gasteiger partial charge in [0.15, 0.2) is 11.5 Å². The van der Waals surface area contributed by atoms with Crippen molar-refractivity contribution in [2.45, 2.75) is 45.3 Å². The maximum Gasteiger partial charge on any atom is 0.259 e. The van der Waals surface area contributed by atoms with Gasteiger partial charge in [0.2, 0.25) is 6.79 Å². The summed E-state index contributed by atoms with van der Waals surface area (Å²) in [4.78, 5) is 15.0. The minimum absolute atomic E-state index is 0.0253. The Balaban J connectivity index is 1.27. The summed E-state index contributed by atoms with van der Waals surface area (Å²) in [5.74, 6) is 3.11. The molecule has 1 N–H and O–H groups in total. The summed E-state index contributed by atoms with van der Waals surface area (Å²) < 4.78 is 22.1. The first kappa shape index (κ1) is 19.2. The predicted molar refractivity (Wildman–Crippen MR) is 106 cm³/mol. The van der Waals surface area contributed by atoms with Crippen LogP contribution in [-0.4, -0.2) is 53.2 Å². The van der Waals surface area contributed by atoms with Crippen molar-refractivity contribution in [1.82, 2.24) is 10.1 Å². The van der Waals surface area contributed by atoms with Gasteiger partial charge in [-0.1, -0.05) is 12.1 Å². The summed E-state index contributed by atoms with van der Waals surface area (Å²) >= 11 is 0. The summed E-state index contributed by atoms with van der Waals surface area (Å²) in [5, 5.41) is 14.7. The second kappa shape index (κ2) is 7.50. The topological polar surface area (TPSA) is 94.3 Å². The highest BCUT2D eigenvalue weighted by atomic mass is 16.7. The molecule has 8 heteroatoms. The first-order chi connectivity index (χ1) is 14.5. The van der Waals surface area contributed by atoms with E-state index < -0.39 is 6.10 Å². The van der Waals surface area contributed by atoms with E-state index in [1.165, 1.54) is 0 Å². The molecule has 30 heavy (non-hydrogen) atoms. The van der Waals surface area contributed by atoms with Gasteiger partial charge < -0.3 is 28.7 Å². The van der Waals surface area contributed by atoms with Gasteiger partial charge in [-0.3, -0.25) is 4.79 Å². The van der Waals surface area contributed by atoms with Gasteiger partial charge in [-0.15, -0.1) is 0 Å². The summed E-state index contributed by atoms with van der Waals surface area (Å²) in [6, 6.07) is 5.45. The number of hydrogen-bond acceptors (Lipinski definition) is 7. The third kappa shape index (κ3) is 3.29. The van der Waals surface area contributed by atoms with Gasteiger partial charge in [-0.25, -0.2) is 0 Å². The molecule has 3 aliphatic rings. The number of nitrogens with zero attached hydrogens (tertiary/aromatic N) is 2. The van der Waals surface area contributed by atoms with Gasteiger partial charge in [0, 0.05) is 19.2 Å². The molecule has 1 amide bonds. The fourth-order valence-corrected chi connectivity index (χ4v) is 4.90. The third-order valence-corrected chi connectivity index (χ3v) is 6.49. The number of carbonyl (C=O) groups excluding carboxylic acids is 1. The standard InChI is InChI=1S/C22H26N2O6/c1-3-16-21(12(2)30-23-16)22(26)24-9-13-6-17(25)19(7-14(13)10-24)29-15-4-5-18-20(8-15)28-11-27-18/h4-5,8,13-14,17,19,25H,3,6-7,9-11H2,1-2H3/t13-,14+,17+,19+/m0/s1. The normalized spacial score (nSPS) is 27.2. The average molecular weight is 414 g/mol. The van der Waals surface area contributed by atoms with Gasteiger partial charge >= 0.3 is 0 Å². The monoisotopic (exact) mass is 414 g/mol. The van der Waals surface area contributed by atoms with Crippen LogP contribution in [-0.2, 0) is 6.42 Å². The highest BCUT2D eigenvalue weighted by molar-refractivity contribution is 5.96. The lowest BCUT2D eigenvalue weighted by atomic mass is 9.78. The number of carbonyl (C=O) groups is 1. The Bertz CT molecular complexity index is 957. The Hall–Kier alpha value is -2.74. The van der Waals surface area contributed by atoms with Gasteiger partial charge in [-0.05, 0) is 50.2 Å². The van der Waals surface area contributed by atoms with Crippen LogP contribution in [0.15, 0.2) is 22.7 Å². The molecule has 1 aromatic heterocycles. The zero-order chi connectivity index (χ0) is 20.8. The number of likely N-dealkylation sites (tertiary alicyclic amines) is 1. The van der Waals surface area contributed by atoms with Crippen molar-refractivity contribution in [2.24, 2.45) is 11.8 Å². The van der Waals surface area contributed by atoms with E-state index in [9.17, 15) is 9.90 Å². The summed E-state index contributed by atoms with van der Waals surface area (Å²) in [6.07, 6.45) is 1.09. The third-order valence-electron chi connectivity index (χ3n) is 6.49. The molecule has 4 atom stereocenters. The van der Waals surface area contributed by atoms with Crippen molar-refractivity contribution in [3.8, 4) is 17.2 Å². The SMILES string of the molecule is CCc1noc(C)c1C(=O)N1C[C@H]2C[C@@H](Oc3ccc4c(c3)OCO4)[C@H](O)C[C@H]2C1. The number of amides is 1. The van der Waals surface area contributed by atoms with Gasteiger partial charge in [-0.2, -0.15) is 0 Å². The molecule has 160 valence electrons.